The van der Waals surface area contributed by atoms with E-state index in [0.29, 0.717) is 5.69 Å². The second-order valence-corrected chi connectivity index (χ2v) is 2.84. The first-order chi connectivity index (χ1) is 5.86. The van der Waals surface area contributed by atoms with Gasteiger partial charge in [-0.15, -0.1) is 11.3 Å². The highest BCUT2D eigenvalue weighted by Crippen LogP contribution is 2.06. The maximum Gasteiger partial charge on any atom is 0.167 e. The van der Waals surface area contributed by atoms with Crippen LogP contribution in [0.25, 0.3) is 0 Å². The number of thiazole rings is 1. The minimum atomic E-state index is 0.642. The van der Waals surface area contributed by atoms with Crippen molar-refractivity contribution in [2.24, 2.45) is 5.16 Å². The van der Waals surface area contributed by atoms with Crippen molar-refractivity contribution in [1.29, 1.82) is 0 Å². The van der Waals surface area contributed by atoms with Gasteiger partial charge in [0.1, 0.15) is 0 Å². The summed E-state index contributed by atoms with van der Waals surface area (Å²) < 4.78 is 0. The Kier molecular flexibility index (Phi) is 3.30. The van der Waals surface area contributed by atoms with E-state index in [-0.39, 0.29) is 0 Å². The Morgan fingerprint density at radius 1 is 1.83 bits per heavy atom. The van der Waals surface area contributed by atoms with Crippen LogP contribution < -0.4 is 0 Å². The molecule has 0 aliphatic carbocycles. The van der Waals surface area contributed by atoms with Gasteiger partial charge in [0, 0.05) is 11.8 Å². The van der Waals surface area contributed by atoms with Crippen LogP contribution in [-0.4, -0.2) is 16.4 Å². The van der Waals surface area contributed by atoms with Crippen molar-refractivity contribution >= 4 is 17.6 Å². The summed E-state index contributed by atoms with van der Waals surface area (Å²) in [6, 6.07) is 0. The summed E-state index contributed by atoms with van der Waals surface area (Å²) in [5.41, 5.74) is 0.642. The van der Waals surface area contributed by atoms with E-state index in [4.69, 9.17) is 5.21 Å². The van der Waals surface area contributed by atoms with E-state index in [9.17, 15) is 0 Å². The first kappa shape index (κ1) is 8.75. The summed E-state index contributed by atoms with van der Waals surface area (Å²) in [6.45, 7) is 1.98. The largest absolute Gasteiger partial charge is 0.411 e. The van der Waals surface area contributed by atoms with E-state index in [1.54, 1.807) is 5.38 Å². The minimum Gasteiger partial charge on any atom is -0.411 e. The fourth-order valence-corrected chi connectivity index (χ4v) is 1.26. The third-order valence-corrected chi connectivity index (χ3v) is 1.86. The second kappa shape index (κ2) is 4.52. The lowest BCUT2D eigenvalue weighted by atomic mass is 10.5. The average Bonchev–Trinajstić information content (AvgIpc) is 2.50. The molecule has 1 aromatic rings. The zero-order valence-corrected chi connectivity index (χ0v) is 7.43. The van der Waals surface area contributed by atoms with E-state index >= 15 is 0 Å². The molecule has 12 heavy (non-hydrogen) atoms. The highest BCUT2D eigenvalue weighted by Gasteiger charge is 1.94. The van der Waals surface area contributed by atoms with Gasteiger partial charge in [-0.25, -0.2) is 4.98 Å². The van der Waals surface area contributed by atoms with Crippen LogP contribution >= 0.6 is 11.3 Å². The van der Waals surface area contributed by atoms with Crippen LogP contribution in [0.5, 0.6) is 0 Å². The van der Waals surface area contributed by atoms with Crippen LogP contribution in [0.4, 0.5) is 0 Å². The molecule has 1 aromatic heterocycles. The molecule has 0 atom stereocenters. The molecule has 0 spiro atoms. The summed E-state index contributed by atoms with van der Waals surface area (Å²) in [4.78, 5) is 4.07. The van der Waals surface area contributed by atoms with Crippen molar-refractivity contribution in [3.8, 4) is 11.8 Å². The summed E-state index contributed by atoms with van der Waals surface area (Å²) in [5, 5.41) is 13.6. The monoisotopic (exact) mass is 180 g/mol. The van der Waals surface area contributed by atoms with Gasteiger partial charge in [0.15, 0.2) is 5.01 Å². The molecule has 1 N–H and O–H groups in total. The average molecular weight is 180 g/mol. The zero-order valence-electron chi connectivity index (χ0n) is 6.61. The van der Waals surface area contributed by atoms with Gasteiger partial charge in [-0.2, -0.15) is 0 Å². The molecule has 0 amide bonds. The molecule has 62 valence electrons. The van der Waals surface area contributed by atoms with E-state index in [1.807, 2.05) is 6.92 Å². The first-order valence-electron chi connectivity index (χ1n) is 3.48. The molecule has 0 saturated heterocycles. The van der Waals surface area contributed by atoms with E-state index in [1.165, 1.54) is 17.6 Å². The molecule has 0 saturated carbocycles. The zero-order chi connectivity index (χ0) is 8.81. The lowest BCUT2D eigenvalue weighted by molar-refractivity contribution is 0.321. The summed E-state index contributed by atoms with van der Waals surface area (Å²) in [5.74, 6) is 5.80. The fourth-order valence-electron chi connectivity index (χ4n) is 0.626. The standard InChI is InChI=1S/C8H8N2OS/c1-2-3-4-8-10-7(5-9-11)6-12-8/h5-6,11H,2H2,1H3/b9-5-. The van der Waals surface area contributed by atoms with Gasteiger partial charge in [0.05, 0.1) is 11.9 Å². The summed E-state index contributed by atoms with van der Waals surface area (Å²) >= 11 is 1.44. The normalized spacial score (nSPS) is 9.75. The SMILES string of the molecule is CCC#Cc1nc(/C=N\O)cs1. The highest BCUT2D eigenvalue weighted by atomic mass is 32.1. The number of rotatable bonds is 1. The topological polar surface area (TPSA) is 45.5 Å². The van der Waals surface area contributed by atoms with E-state index in [2.05, 4.69) is 22.0 Å². The summed E-state index contributed by atoms with van der Waals surface area (Å²) in [6.07, 6.45) is 2.11. The van der Waals surface area contributed by atoms with Crippen molar-refractivity contribution in [2.45, 2.75) is 13.3 Å². The number of nitrogens with zero attached hydrogens (tertiary/aromatic N) is 2. The van der Waals surface area contributed by atoms with Crippen molar-refractivity contribution in [3.63, 3.8) is 0 Å². The predicted molar refractivity (Wildman–Crippen MR) is 48.7 cm³/mol. The molecular weight excluding hydrogens is 172 g/mol. The maximum atomic E-state index is 8.20. The Morgan fingerprint density at radius 2 is 2.67 bits per heavy atom. The Balaban J connectivity index is 2.77. The van der Waals surface area contributed by atoms with Gasteiger partial charge in [0.25, 0.3) is 0 Å². The van der Waals surface area contributed by atoms with Gasteiger partial charge in [-0.3, -0.25) is 0 Å². The number of aromatic nitrogens is 1. The van der Waals surface area contributed by atoms with Gasteiger partial charge >= 0.3 is 0 Å². The Labute approximate surface area is 74.8 Å². The molecule has 1 heterocycles. The molecule has 0 radical (unpaired) electrons. The lowest BCUT2D eigenvalue weighted by Crippen LogP contribution is -1.80. The molecule has 0 unspecified atom stereocenters. The second-order valence-electron chi connectivity index (χ2n) is 1.98. The molecular formula is C8H8N2OS. The van der Waals surface area contributed by atoms with Crippen molar-refractivity contribution in [3.05, 3.63) is 16.1 Å². The Bertz CT molecular complexity index is 332. The summed E-state index contributed by atoms with van der Waals surface area (Å²) in [7, 11) is 0. The molecule has 0 aliphatic rings. The molecule has 3 nitrogen and oxygen atoms in total. The molecule has 0 aromatic carbocycles. The molecule has 0 aliphatic heterocycles. The maximum absolute atomic E-state index is 8.20. The molecule has 1 rings (SSSR count). The van der Waals surface area contributed by atoms with E-state index in [0.717, 1.165) is 11.4 Å². The van der Waals surface area contributed by atoms with Crippen LogP contribution in [0.2, 0.25) is 0 Å². The van der Waals surface area contributed by atoms with Crippen LogP contribution in [0.15, 0.2) is 10.5 Å². The van der Waals surface area contributed by atoms with Gasteiger partial charge in [0.2, 0.25) is 0 Å². The third kappa shape index (κ3) is 2.36. The van der Waals surface area contributed by atoms with Crippen LogP contribution in [-0.2, 0) is 0 Å². The molecule has 0 fully saturated rings. The van der Waals surface area contributed by atoms with Crippen molar-refractivity contribution < 1.29 is 5.21 Å². The number of hydrogen-bond acceptors (Lipinski definition) is 4. The highest BCUT2D eigenvalue weighted by molar-refractivity contribution is 7.10. The Morgan fingerprint density at radius 3 is 3.33 bits per heavy atom. The number of oxime groups is 1. The van der Waals surface area contributed by atoms with E-state index < -0.39 is 0 Å². The van der Waals surface area contributed by atoms with Crippen LogP contribution in [0.3, 0.4) is 0 Å². The van der Waals surface area contributed by atoms with Crippen molar-refractivity contribution in [1.82, 2.24) is 4.98 Å². The minimum absolute atomic E-state index is 0.642. The number of hydrogen-bond donors (Lipinski definition) is 1. The van der Waals surface area contributed by atoms with Crippen LogP contribution in [0.1, 0.15) is 24.0 Å². The van der Waals surface area contributed by atoms with Crippen molar-refractivity contribution in [2.75, 3.05) is 0 Å². The lowest BCUT2D eigenvalue weighted by Gasteiger charge is -1.76. The predicted octanol–water partition coefficient (Wildman–Crippen LogP) is 1.71. The van der Waals surface area contributed by atoms with Gasteiger partial charge in [-0.05, 0) is 5.92 Å². The Hall–Kier alpha value is -1.34. The molecule has 4 heteroatoms. The van der Waals surface area contributed by atoms with Gasteiger partial charge in [-0.1, -0.05) is 18.0 Å². The first-order valence-corrected chi connectivity index (χ1v) is 4.36. The fraction of sp³-hybridized carbons (Fsp3) is 0.250. The molecule has 0 bridgehead atoms. The smallest absolute Gasteiger partial charge is 0.167 e. The van der Waals surface area contributed by atoms with Crippen LogP contribution in [0, 0.1) is 11.8 Å². The van der Waals surface area contributed by atoms with Gasteiger partial charge < -0.3 is 5.21 Å². The quantitative estimate of drug-likeness (QED) is 0.309. The third-order valence-electron chi connectivity index (χ3n) is 1.08.